The van der Waals surface area contributed by atoms with Crippen molar-refractivity contribution in [1.29, 1.82) is 0 Å². The second kappa shape index (κ2) is 8.02. The predicted molar refractivity (Wildman–Crippen MR) is 114 cm³/mol. The Hall–Kier alpha value is -3.86. The van der Waals surface area contributed by atoms with Crippen LogP contribution in [0.15, 0.2) is 73.1 Å². The zero-order valence-electron chi connectivity index (χ0n) is 16.2. The van der Waals surface area contributed by atoms with Gasteiger partial charge in [-0.3, -0.25) is 4.57 Å². The standard InChI is InChI=1S/C24H20N2O3/c1-28-23-15-18(12-13-20(23)24(27)29-2)11-10-17-6-5-7-19(14-17)26-16-25-21-8-3-4-9-22(21)26/h3-16H,1-2H3/b11-10+. The van der Waals surface area contributed by atoms with E-state index in [0.717, 1.165) is 27.8 Å². The third-order valence-corrected chi connectivity index (χ3v) is 4.70. The van der Waals surface area contributed by atoms with E-state index in [9.17, 15) is 4.79 Å². The molecule has 0 bridgehead atoms. The Labute approximate surface area is 168 Å². The van der Waals surface area contributed by atoms with Crippen LogP contribution in [-0.2, 0) is 4.74 Å². The maximum atomic E-state index is 11.8. The monoisotopic (exact) mass is 384 g/mol. The van der Waals surface area contributed by atoms with Gasteiger partial charge < -0.3 is 9.47 Å². The van der Waals surface area contributed by atoms with Crippen molar-refractivity contribution < 1.29 is 14.3 Å². The maximum absolute atomic E-state index is 11.8. The summed E-state index contributed by atoms with van der Waals surface area (Å²) in [5.41, 5.74) is 5.45. The van der Waals surface area contributed by atoms with Crippen molar-refractivity contribution in [3.05, 3.63) is 89.7 Å². The molecular formula is C24H20N2O3. The molecule has 0 aliphatic carbocycles. The molecule has 0 fully saturated rings. The van der Waals surface area contributed by atoms with Gasteiger partial charge in [-0.25, -0.2) is 9.78 Å². The van der Waals surface area contributed by atoms with Gasteiger partial charge in [0.15, 0.2) is 0 Å². The van der Waals surface area contributed by atoms with Gasteiger partial charge in [0.2, 0.25) is 0 Å². The zero-order chi connectivity index (χ0) is 20.2. The minimum atomic E-state index is -0.419. The molecule has 1 aromatic heterocycles. The van der Waals surface area contributed by atoms with E-state index in [-0.39, 0.29) is 0 Å². The zero-order valence-corrected chi connectivity index (χ0v) is 16.2. The van der Waals surface area contributed by atoms with Gasteiger partial charge in [-0.15, -0.1) is 0 Å². The molecule has 5 heteroatoms. The fourth-order valence-electron chi connectivity index (χ4n) is 3.23. The number of carbonyl (C=O) groups excluding carboxylic acids is 1. The fourth-order valence-corrected chi connectivity index (χ4v) is 3.23. The van der Waals surface area contributed by atoms with E-state index in [4.69, 9.17) is 9.47 Å². The van der Waals surface area contributed by atoms with Crippen LogP contribution in [0.4, 0.5) is 0 Å². The summed E-state index contributed by atoms with van der Waals surface area (Å²) in [4.78, 5) is 16.3. The van der Waals surface area contributed by atoms with E-state index in [1.165, 1.54) is 14.2 Å². The molecular weight excluding hydrogens is 364 g/mol. The maximum Gasteiger partial charge on any atom is 0.341 e. The number of esters is 1. The summed E-state index contributed by atoms with van der Waals surface area (Å²) >= 11 is 0. The number of aromatic nitrogens is 2. The smallest absolute Gasteiger partial charge is 0.341 e. The van der Waals surface area contributed by atoms with Gasteiger partial charge in [-0.2, -0.15) is 0 Å². The highest BCUT2D eigenvalue weighted by molar-refractivity contribution is 5.93. The second-order valence-electron chi connectivity index (χ2n) is 6.48. The normalized spacial score (nSPS) is 11.1. The molecule has 0 spiro atoms. The second-order valence-corrected chi connectivity index (χ2v) is 6.48. The van der Waals surface area contributed by atoms with Gasteiger partial charge in [-0.05, 0) is 47.5 Å². The molecule has 0 saturated carbocycles. The number of rotatable bonds is 5. The summed E-state index contributed by atoms with van der Waals surface area (Å²) in [6.07, 6.45) is 5.84. The topological polar surface area (TPSA) is 53.4 Å². The van der Waals surface area contributed by atoms with Crippen molar-refractivity contribution >= 4 is 29.2 Å². The highest BCUT2D eigenvalue weighted by Gasteiger charge is 2.12. The lowest BCUT2D eigenvalue weighted by Crippen LogP contribution is -2.03. The molecule has 4 rings (SSSR count). The van der Waals surface area contributed by atoms with Crippen molar-refractivity contribution in [2.45, 2.75) is 0 Å². The lowest BCUT2D eigenvalue weighted by Gasteiger charge is -2.08. The van der Waals surface area contributed by atoms with E-state index >= 15 is 0 Å². The summed E-state index contributed by atoms with van der Waals surface area (Å²) in [6, 6.07) is 21.6. The molecule has 5 nitrogen and oxygen atoms in total. The largest absolute Gasteiger partial charge is 0.496 e. The van der Waals surface area contributed by atoms with E-state index in [0.29, 0.717) is 11.3 Å². The number of nitrogens with zero attached hydrogens (tertiary/aromatic N) is 2. The molecule has 3 aromatic carbocycles. The number of imidazole rings is 1. The number of fused-ring (bicyclic) bond motifs is 1. The molecule has 0 aliphatic rings. The molecule has 0 amide bonds. The van der Waals surface area contributed by atoms with Crippen LogP contribution >= 0.6 is 0 Å². The van der Waals surface area contributed by atoms with Crippen LogP contribution in [0.3, 0.4) is 0 Å². The molecule has 0 aliphatic heterocycles. The number of para-hydroxylation sites is 2. The van der Waals surface area contributed by atoms with Crippen molar-refractivity contribution in [2.24, 2.45) is 0 Å². The Morgan fingerprint density at radius 1 is 0.931 bits per heavy atom. The SMILES string of the molecule is COC(=O)c1ccc(/C=C/c2cccc(-n3cnc4ccccc43)c2)cc1OC. The lowest BCUT2D eigenvalue weighted by molar-refractivity contribution is 0.0597. The Kier molecular flexibility index (Phi) is 5.12. The van der Waals surface area contributed by atoms with Crippen LogP contribution in [-0.4, -0.2) is 29.7 Å². The summed E-state index contributed by atoms with van der Waals surface area (Å²) < 4.78 is 12.2. The molecule has 0 saturated heterocycles. The molecule has 29 heavy (non-hydrogen) atoms. The highest BCUT2D eigenvalue weighted by Crippen LogP contribution is 2.23. The Morgan fingerprint density at radius 2 is 1.72 bits per heavy atom. The molecule has 144 valence electrons. The van der Waals surface area contributed by atoms with Gasteiger partial charge in [0.1, 0.15) is 17.6 Å². The minimum Gasteiger partial charge on any atom is -0.496 e. The van der Waals surface area contributed by atoms with Gasteiger partial charge in [0, 0.05) is 5.69 Å². The molecule has 0 unspecified atom stereocenters. The fraction of sp³-hybridized carbons (Fsp3) is 0.0833. The Morgan fingerprint density at radius 3 is 2.52 bits per heavy atom. The third kappa shape index (κ3) is 3.75. The molecule has 4 aromatic rings. The predicted octanol–water partition coefficient (Wildman–Crippen LogP) is 4.99. The Balaban J connectivity index is 1.63. The number of carbonyl (C=O) groups is 1. The quantitative estimate of drug-likeness (QED) is 0.359. The number of hydrogen-bond donors (Lipinski definition) is 0. The number of methoxy groups -OCH3 is 2. The molecule has 0 atom stereocenters. The average molecular weight is 384 g/mol. The van der Waals surface area contributed by atoms with E-state index < -0.39 is 5.97 Å². The number of ether oxygens (including phenoxy) is 2. The molecule has 0 radical (unpaired) electrons. The summed E-state index contributed by atoms with van der Waals surface area (Å²) in [5, 5.41) is 0. The van der Waals surface area contributed by atoms with Crippen molar-refractivity contribution in [3.63, 3.8) is 0 Å². The Bertz CT molecular complexity index is 1210. The highest BCUT2D eigenvalue weighted by atomic mass is 16.5. The summed E-state index contributed by atoms with van der Waals surface area (Å²) in [7, 11) is 2.89. The van der Waals surface area contributed by atoms with Crippen molar-refractivity contribution in [1.82, 2.24) is 9.55 Å². The van der Waals surface area contributed by atoms with Crippen LogP contribution in [0, 0.1) is 0 Å². The van der Waals surface area contributed by atoms with Crippen molar-refractivity contribution in [3.8, 4) is 11.4 Å². The first kappa shape index (κ1) is 18.5. The first-order chi connectivity index (χ1) is 14.2. The lowest BCUT2D eigenvalue weighted by atomic mass is 10.1. The van der Waals surface area contributed by atoms with Gasteiger partial charge >= 0.3 is 5.97 Å². The average Bonchev–Trinajstić information content (AvgIpc) is 3.21. The van der Waals surface area contributed by atoms with Crippen LogP contribution in [0.25, 0.3) is 28.9 Å². The van der Waals surface area contributed by atoms with Gasteiger partial charge in [-0.1, -0.05) is 42.5 Å². The third-order valence-electron chi connectivity index (χ3n) is 4.70. The first-order valence-corrected chi connectivity index (χ1v) is 9.16. The summed E-state index contributed by atoms with van der Waals surface area (Å²) in [6.45, 7) is 0. The van der Waals surface area contributed by atoms with Crippen LogP contribution < -0.4 is 4.74 Å². The number of benzene rings is 3. The van der Waals surface area contributed by atoms with Gasteiger partial charge in [0.05, 0.1) is 25.3 Å². The minimum absolute atomic E-state index is 0.404. The van der Waals surface area contributed by atoms with Crippen molar-refractivity contribution in [2.75, 3.05) is 14.2 Å². The molecule has 1 heterocycles. The molecule has 0 N–H and O–H groups in total. The van der Waals surface area contributed by atoms with E-state index in [2.05, 4.69) is 27.8 Å². The van der Waals surface area contributed by atoms with Crippen LogP contribution in [0.5, 0.6) is 5.75 Å². The van der Waals surface area contributed by atoms with Crippen LogP contribution in [0.2, 0.25) is 0 Å². The number of hydrogen-bond acceptors (Lipinski definition) is 4. The first-order valence-electron chi connectivity index (χ1n) is 9.16. The van der Waals surface area contributed by atoms with Gasteiger partial charge in [0.25, 0.3) is 0 Å². The van der Waals surface area contributed by atoms with E-state index in [1.807, 2.05) is 60.9 Å². The van der Waals surface area contributed by atoms with E-state index in [1.54, 1.807) is 6.07 Å². The summed E-state index contributed by atoms with van der Waals surface area (Å²) in [5.74, 6) is 0.0651. The van der Waals surface area contributed by atoms with Crippen LogP contribution in [0.1, 0.15) is 21.5 Å².